The van der Waals surface area contributed by atoms with Crippen molar-refractivity contribution in [2.24, 2.45) is 0 Å². The van der Waals surface area contributed by atoms with Gasteiger partial charge in [0.1, 0.15) is 0 Å². The first kappa shape index (κ1) is 14.8. The first-order valence-corrected chi connectivity index (χ1v) is 7.56. The Morgan fingerprint density at radius 2 is 2.26 bits per heavy atom. The van der Waals surface area contributed by atoms with Crippen molar-refractivity contribution in [1.29, 1.82) is 0 Å². The molecule has 3 nitrogen and oxygen atoms in total. The first-order valence-electron chi connectivity index (χ1n) is 6.39. The van der Waals surface area contributed by atoms with Gasteiger partial charge < -0.3 is 9.64 Å². The Kier molecular flexibility index (Phi) is 5.25. The molecule has 0 N–H and O–H groups in total. The second-order valence-electron chi connectivity index (χ2n) is 4.83. The van der Waals surface area contributed by atoms with Crippen molar-refractivity contribution in [3.8, 4) is 0 Å². The van der Waals surface area contributed by atoms with E-state index in [-0.39, 0.29) is 12.0 Å². The van der Waals surface area contributed by atoms with E-state index in [1.54, 1.807) is 30.1 Å². The van der Waals surface area contributed by atoms with Gasteiger partial charge in [-0.3, -0.25) is 4.79 Å². The summed E-state index contributed by atoms with van der Waals surface area (Å²) < 4.78 is 6.46. The minimum Gasteiger partial charge on any atom is -0.376 e. The molecule has 1 aliphatic heterocycles. The maximum Gasteiger partial charge on any atom is 0.253 e. The van der Waals surface area contributed by atoms with Crippen LogP contribution >= 0.6 is 27.5 Å². The number of amides is 1. The zero-order chi connectivity index (χ0) is 13.8. The number of nitrogens with zero attached hydrogens (tertiary/aromatic N) is 1. The molecule has 0 radical (unpaired) electrons. The van der Waals surface area contributed by atoms with E-state index >= 15 is 0 Å². The van der Waals surface area contributed by atoms with E-state index in [0.717, 1.165) is 23.9 Å². The Morgan fingerprint density at radius 3 is 2.89 bits per heavy atom. The summed E-state index contributed by atoms with van der Waals surface area (Å²) in [5.41, 5.74) is 0.595. The summed E-state index contributed by atoms with van der Waals surface area (Å²) in [5, 5.41) is 0.556. The number of likely N-dealkylation sites (N-methyl/N-ethyl adjacent to an activating group) is 1. The number of benzene rings is 1. The average Bonchev–Trinajstić information content (AvgIpc) is 2.37. The molecule has 104 valence electrons. The molecular formula is C14H17BrClNO2. The summed E-state index contributed by atoms with van der Waals surface area (Å²) >= 11 is 9.31. The van der Waals surface area contributed by atoms with Crippen LogP contribution < -0.4 is 0 Å². The summed E-state index contributed by atoms with van der Waals surface area (Å²) in [7, 11) is 1.80. The second-order valence-corrected chi connectivity index (χ2v) is 6.18. The Morgan fingerprint density at radius 1 is 1.47 bits per heavy atom. The fraction of sp³-hybridized carbons (Fsp3) is 0.500. The first-order chi connectivity index (χ1) is 9.06. The summed E-state index contributed by atoms with van der Waals surface area (Å²) in [4.78, 5) is 14.0. The molecule has 1 aromatic carbocycles. The summed E-state index contributed by atoms with van der Waals surface area (Å²) in [6.07, 6.45) is 3.48. The van der Waals surface area contributed by atoms with Crippen molar-refractivity contribution in [2.45, 2.75) is 25.4 Å². The maximum absolute atomic E-state index is 12.3. The van der Waals surface area contributed by atoms with E-state index in [1.807, 2.05) is 0 Å². The molecule has 2 rings (SSSR count). The SMILES string of the molecule is CN(CC1CCCCO1)C(=O)c1cc(Cl)cc(Br)c1. The van der Waals surface area contributed by atoms with Gasteiger partial charge in [-0.05, 0) is 37.5 Å². The van der Waals surface area contributed by atoms with E-state index in [1.165, 1.54) is 6.42 Å². The largest absolute Gasteiger partial charge is 0.376 e. The molecule has 1 unspecified atom stereocenters. The van der Waals surface area contributed by atoms with Gasteiger partial charge in [-0.2, -0.15) is 0 Å². The molecule has 1 atom stereocenters. The molecule has 1 aliphatic rings. The van der Waals surface area contributed by atoms with Crippen molar-refractivity contribution >= 4 is 33.4 Å². The number of carbonyl (C=O) groups excluding carboxylic acids is 1. The zero-order valence-electron chi connectivity index (χ0n) is 10.9. The number of ether oxygens (including phenoxy) is 1. The molecule has 0 aliphatic carbocycles. The molecule has 0 saturated carbocycles. The lowest BCUT2D eigenvalue weighted by Gasteiger charge is -2.27. The van der Waals surface area contributed by atoms with Crippen molar-refractivity contribution in [3.05, 3.63) is 33.3 Å². The number of carbonyl (C=O) groups is 1. The summed E-state index contributed by atoms with van der Waals surface area (Å²) in [6.45, 7) is 1.43. The molecular weight excluding hydrogens is 330 g/mol. The van der Waals surface area contributed by atoms with Crippen molar-refractivity contribution in [1.82, 2.24) is 4.90 Å². The van der Waals surface area contributed by atoms with E-state index < -0.39 is 0 Å². The second kappa shape index (κ2) is 6.73. The molecule has 0 spiro atoms. The van der Waals surface area contributed by atoms with Crippen LogP contribution in [0.3, 0.4) is 0 Å². The molecule has 1 aromatic rings. The predicted octanol–water partition coefficient (Wildman–Crippen LogP) is 3.74. The van der Waals surface area contributed by atoms with E-state index in [0.29, 0.717) is 17.1 Å². The average molecular weight is 347 g/mol. The minimum atomic E-state index is -0.0302. The van der Waals surface area contributed by atoms with Crippen LogP contribution in [0.4, 0.5) is 0 Å². The lowest BCUT2D eigenvalue weighted by atomic mass is 10.1. The van der Waals surface area contributed by atoms with Crippen LogP contribution in [0, 0.1) is 0 Å². The molecule has 1 heterocycles. The van der Waals surface area contributed by atoms with Crippen LogP contribution in [-0.2, 0) is 4.74 Å². The number of halogens is 2. The molecule has 0 aromatic heterocycles. The Labute approximate surface area is 127 Å². The Balaban J connectivity index is 2.01. The van der Waals surface area contributed by atoms with Crippen LogP contribution in [0.1, 0.15) is 29.6 Å². The standard InChI is InChI=1S/C14H17BrClNO2/c1-17(9-13-4-2-3-5-19-13)14(18)10-6-11(15)8-12(16)7-10/h6-8,13H,2-5,9H2,1H3. The fourth-order valence-corrected chi connectivity index (χ4v) is 3.10. The maximum atomic E-state index is 12.3. The minimum absolute atomic E-state index is 0.0302. The summed E-state index contributed by atoms with van der Waals surface area (Å²) in [6, 6.07) is 5.24. The van der Waals surface area contributed by atoms with Gasteiger partial charge in [0.15, 0.2) is 0 Å². The van der Waals surface area contributed by atoms with E-state index in [9.17, 15) is 4.79 Å². The van der Waals surface area contributed by atoms with Crippen molar-refractivity contribution in [3.63, 3.8) is 0 Å². The Bertz CT molecular complexity index is 441. The molecule has 1 fully saturated rings. The van der Waals surface area contributed by atoms with Gasteiger partial charge in [0.25, 0.3) is 5.91 Å². The molecule has 1 saturated heterocycles. The smallest absolute Gasteiger partial charge is 0.253 e. The number of rotatable bonds is 3. The number of hydrogen-bond donors (Lipinski definition) is 0. The monoisotopic (exact) mass is 345 g/mol. The highest BCUT2D eigenvalue weighted by atomic mass is 79.9. The van der Waals surface area contributed by atoms with Crippen LogP contribution in [0.25, 0.3) is 0 Å². The van der Waals surface area contributed by atoms with Gasteiger partial charge in [-0.15, -0.1) is 0 Å². The van der Waals surface area contributed by atoms with Gasteiger partial charge in [-0.1, -0.05) is 27.5 Å². The van der Waals surface area contributed by atoms with Gasteiger partial charge in [0.05, 0.1) is 6.10 Å². The highest BCUT2D eigenvalue weighted by Crippen LogP contribution is 2.21. The van der Waals surface area contributed by atoms with Gasteiger partial charge in [0.2, 0.25) is 0 Å². The highest BCUT2D eigenvalue weighted by molar-refractivity contribution is 9.10. The van der Waals surface area contributed by atoms with Crippen molar-refractivity contribution < 1.29 is 9.53 Å². The Hall–Kier alpha value is -0.580. The summed E-state index contributed by atoms with van der Waals surface area (Å²) in [5.74, 6) is -0.0302. The van der Waals surface area contributed by atoms with Crippen LogP contribution in [-0.4, -0.2) is 37.1 Å². The van der Waals surface area contributed by atoms with Crippen LogP contribution in [0.2, 0.25) is 5.02 Å². The van der Waals surface area contributed by atoms with Gasteiger partial charge >= 0.3 is 0 Å². The van der Waals surface area contributed by atoms with Gasteiger partial charge in [-0.25, -0.2) is 0 Å². The third-order valence-electron chi connectivity index (χ3n) is 3.21. The topological polar surface area (TPSA) is 29.5 Å². The molecule has 0 bridgehead atoms. The van der Waals surface area contributed by atoms with E-state index in [2.05, 4.69) is 15.9 Å². The fourth-order valence-electron chi connectivity index (χ4n) is 2.24. The number of hydrogen-bond acceptors (Lipinski definition) is 2. The van der Waals surface area contributed by atoms with Crippen molar-refractivity contribution in [2.75, 3.05) is 20.2 Å². The third-order valence-corrected chi connectivity index (χ3v) is 3.88. The van der Waals surface area contributed by atoms with Crippen LogP contribution in [0.15, 0.2) is 22.7 Å². The lowest BCUT2D eigenvalue weighted by Crippen LogP contribution is -2.37. The van der Waals surface area contributed by atoms with Crippen LogP contribution in [0.5, 0.6) is 0 Å². The lowest BCUT2D eigenvalue weighted by molar-refractivity contribution is -0.000188. The highest BCUT2D eigenvalue weighted by Gasteiger charge is 2.20. The van der Waals surface area contributed by atoms with Gasteiger partial charge in [0, 0.05) is 35.3 Å². The molecule has 5 heteroatoms. The quantitative estimate of drug-likeness (QED) is 0.834. The van der Waals surface area contributed by atoms with E-state index in [4.69, 9.17) is 16.3 Å². The third kappa shape index (κ3) is 4.20. The normalized spacial score (nSPS) is 19.2. The molecule has 1 amide bonds. The zero-order valence-corrected chi connectivity index (χ0v) is 13.2. The molecule has 19 heavy (non-hydrogen) atoms. The predicted molar refractivity (Wildman–Crippen MR) is 79.7 cm³/mol.